The average Bonchev–Trinajstić information content (AvgIpc) is 3.31. The molecule has 1 saturated carbocycles. The molecule has 0 spiro atoms. The Kier molecular flexibility index (Phi) is 4.10. The monoisotopic (exact) mass is 289 g/mol. The molecule has 0 aromatic heterocycles. The summed E-state index contributed by atoms with van der Waals surface area (Å²) in [4.78, 5) is 13.3. The van der Waals surface area contributed by atoms with E-state index >= 15 is 0 Å². The molecule has 21 heavy (non-hydrogen) atoms. The van der Waals surface area contributed by atoms with Gasteiger partial charge in [-0.25, -0.2) is 0 Å². The molecule has 0 amide bonds. The van der Waals surface area contributed by atoms with Gasteiger partial charge in [0, 0.05) is 24.3 Å². The van der Waals surface area contributed by atoms with Crippen molar-refractivity contribution in [2.24, 2.45) is 5.92 Å². The fourth-order valence-corrected chi connectivity index (χ4v) is 3.31. The summed E-state index contributed by atoms with van der Waals surface area (Å²) in [6.45, 7) is 5.08. The fourth-order valence-electron chi connectivity index (χ4n) is 3.31. The van der Waals surface area contributed by atoms with Crippen molar-refractivity contribution in [3.8, 4) is 0 Å². The molecule has 1 aliphatic heterocycles. The second kappa shape index (κ2) is 6.02. The average molecular weight is 289 g/mol. The Morgan fingerprint density at radius 3 is 2.81 bits per heavy atom. The molecule has 1 N–H and O–H groups in total. The van der Waals surface area contributed by atoms with Gasteiger partial charge in [0.15, 0.2) is 0 Å². The Labute approximate surface area is 125 Å². The van der Waals surface area contributed by atoms with Crippen LogP contribution in [0.2, 0.25) is 0 Å². The van der Waals surface area contributed by atoms with E-state index in [9.17, 15) is 10.1 Å². The standard InChI is InChI=1S/C16H23N3O2/c1-12-15(5-2-6-16(12)19(20)21)18(14-7-8-14)11-13-4-3-9-17-10-13/h2,5-6,13-14,17H,3-4,7-11H2,1H3. The molecule has 2 aliphatic rings. The van der Waals surface area contributed by atoms with Crippen LogP contribution in [0.1, 0.15) is 31.2 Å². The molecule has 0 radical (unpaired) electrons. The van der Waals surface area contributed by atoms with Gasteiger partial charge in [0.2, 0.25) is 0 Å². The van der Waals surface area contributed by atoms with Gasteiger partial charge in [-0.15, -0.1) is 0 Å². The van der Waals surface area contributed by atoms with Gasteiger partial charge >= 0.3 is 0 Å². The van der Waals surface area contributed by atoms with Crippen molar-refractivity contribution in [2.75, 3.05) is 24.5 Å². The van der Waals surface area contributed by atoms with Crippen molar-refractivity contribution in [1.29, 1.82) is 0 Å². The van der Waals surface area contributed by atoms with Crippen LogP contribution in [0.25, 0.3) is 0 Å². The number of nitrogens with zero attached hydrogens (tertiary/aromatic N) is 2. The van der Waals surface area contributed by atoms with E-state index in [0.29, 0.717) is 12.0 Å². The lowest BCUT2D eigenvalue weighted by Gasteiger charge is -2.32. The number of anilines is 1. The quantitative estimate of drug-likeness (QED) is 0.669. The summed E-state index contributed by atoms with van der Waals surface area (Å²) in [5.41, 5.74) is 2.09. The third kappa shape index (κ3) is 3.18. The van der Waals surface area contributed by atoms with Gasteiger partial charge in [-0.3, -0.25) is 10.1 Å². The van der Waals surface area contributed by atoms with Gasteiger partial charge in [0.25, 0.3) is 5.69 Å². The predicted molar refractivity (Wildman–Crippen MR) is 83.8 cm³/mol. The van der Waals surface area contributed by atoms with E-state index in [2.05, 4.69) is 10.2 Å². The Morgan fingerprint density at radius 1 is 1.38 bits per heavy atom. The molecule has 3 rings (SSSR count). The van der Waals surface area contributed by atoms with E-state index in [0.717, 1.165) is 30.9 Å². The van der Waals surface area contributed by atoms with Crippen LogP contribution in [0.4, 0.5) is 11.4 Å². The van der Waals surface area contributed by atoms with Gasteiger partial charge in [-0.2, -0.15) is 0 Å². The first-order valence-electron chi connectivity index (χ1n) is 7.88. The summed E-state index contributed by atoms with van der Waals surface area (Å²) in [6.07, 6.45) is 4.91. The third-order valence-corrected chi connectivity index (χ3v) is 4.62. The number of piperidine rings is 1. The van der Waals surface area contributed by atoms with Crippen LogP contribution in [-0.2, 0) is 0 Å². The van der Waals surface area contributed by atoms with Crippen molar-refractivity contribution in [3.63, 3.8) is 0 Å². The molecule has 5 heteroatoms. The number of hydrogen-bond acceptors (Lipinski definition) is 4. The van der Waals surface area contributed by atoms with Gasteiger partial charge in [-0.1, -0.05) is 6.07 Å². The molecule has 5 nitrogen and oxygen atoms in total. The van der Waals surface area contributed by atoms with Gasteiger partial charge in [0.05, 0.1) is 10.5 Å². The SMILES string of the molecule is Cc1c(N(CC2CCCNC2)C2CC2)cccc1[N+](=O)[O-]. The molecule has 1 unspecified atom stereocenters. The van der Waals surface area contributed by atoms with E-state index < -0.39 is 0 Å². The van der Waals surface area contributed by atoms with Crippen molar-refractivity contribution < 1.29 is 4.92 Å². The third-order valence-electron chi connectivity index (χ3n) is 4.62. The zero-order valence-corrected chi connectivity index (χ0v) is 12.5. The summed E-state index contributed by atoms with van der Waals surface area (Å²) in [6, 6.07) is 6.03. The summed E-state index contributed by atoms with van der Waals surface area (Å²) in [7, 11) is 0. The Balaban J connectivity index is 1.83. The van der Waals surface area contributed by atoms with Gasteiger partial charge in [-0.05, 0) is 57.7 Å². The lowest BCUT2D eigenvalue weighted by molar-refractivity contribution is -0.385. The largest absolute Gasteiger partial charge is 0.368 e. The zero-order chi connectivity index (χ0) is 14.8. The Hall–Kier alpha value is -1.62. The normalized spacial score (nSPS) is 22.0. The Morgan fingerprint density at radius 2 is 2.19 bits per heavy atom. The topological polar surface area (TPSA) is 58.4 Å². The van der Waals surface area contributed by atoms with Crippen LogP contribution >= 0.6 is 0 Å². The van der Waals surface area contributed by atoms with E-state index in [4.69, 9.17) is 0 Å². The minimum Gasteiger partial charge on any atom is -0.368 e. The lowest BCUT2D eigenvalue weighted by atomic mass is 9.98. The maximum absolute atomic E-state index is 11.1. The number of nitrogens with one attached hydrogen (secondary N) is 1. The van der Waals surface area contributed by atoms with Crippen LogP contribution in [0, 0.1) is 23.0 Å². The maximum atomic E-state index is 11.1. The zero-order valence-electron chi connectivity index (χ0n) is 12.5. The van der Waals surface area contributed by atoms with Crippen LogP contribution in [0.3, 0.4) is 0 Å². The molecule has 1 aromatic carbocycles. The highest BCUT2D eigenvalue weighted by molar-refractivity contribution is 5.62. The van der Waals surface area contributed by atoms with Crippen LogP contribution in [-0.4, -0.2) is 30.6 Å². The van der Waals surface area contributed by atoms with E-state index in [1.807, 2.05) is 19.1 Å². The van der Waals surface area contributed by atoms with Crippen molar-refractivity contribution in [2.45, 2.75) is 38.6 Å². The number of rotatable bonds is 5. The minimum atomic E-state index is -0.272. The number of benzene rings is 1. The number of nitro benzene ring substituents is 1. The van der Waals surface area contributed by atoms with E-state index in [1.54, 1.807) is 6.07 Å². The molecular weight excluding hydrogens is 266 g/mol. The maximum Gasteiger partial charge on any atom is 0.274 e. The summed E-state index contributed by atoms with van der Waals surface area (Å²) in [5.74, 6) is 0.651. The van der Waals surface area contributed by atoms with Gasteiger partial charge < -0.3 is 10.2 Å². The number of nitro groups is 1. The summed E-state index contributed by atoms with van der Waals surface area (Å²) >= 11 is 0. The second-order valence-corrected chi connectivity index (χ2v) is 6.27. The molecule has 1 aliphatic carbocycles. The molecule has 1 saturated heterocycles. The lowest BCUT2D eigenvalue weighted by Crippen LogP contribution is -2.39. The fraction of sp³-hybridized carbons (Fsp3) is 0.625. The summed E-state index contributed by atoms with van der Waals surface area (Å²) < 4.78 is 0. The summed E-state index contributed by atoms with van der Waals surface area (Å²) in [5, 5.41) is 14.6. The van der Waals surface area contributed by atoms with Crippen molar-refractivity contribution in [1.82, 2.24) is 5.32 Å². The highest BCUT2D eigenvalue weighted by Gasteiger charge is 2.33. The molecular formula is C16H23N3O2. The molecule has 1 aromatic rings. The first-order valence-corrected chi connectivity index (χ1v) is 7.88. The van der Waals surface area contributed by atoms with Crippen molar-refractivity contribution in [3.05, 3.63) is 33.9 Å². The van der Waals surface area contributed by atoms with E-state index in [1.165, 1.54) is 25.7 Å². The molecule has 1 heterocycles. The van der Waals surface area contributed by atoms with Crippen LogP contribution in [0.5, 0.6) is 0 Å². The first kappa shape index (κ1) is 14.3. The highest BCUT2D eigenvalue weighted by Crippen LogP contribution is 2.37. The smallest absolute Gasteiger partial charge is 0.274 e. The van der Waals surface area contributed by atoms with Gasteiger partial charge in [0.1, 0.15) is 0 Å². The second-order valence-electron chi connectivity index (χ2n) is 6.27. The number of hydrogen-bond donors (Lipinski definition) is 1. The molecule has 114 valence electrons. The predicted octanol–water partition coefficient (Wildman–Crippen LogP) is 2.87. The molecule has 1 atom stereocenters. The first-order chi connectivity index (χ1) is 10.2. The van der Waals surface area contributed by atoms with Crippen molar-refractivity contribution >= 4 is 11.4 Å². The van der Waals surface area contributed by atoms with E-state index in [-0.39, 0.29) is 10.6 Å². The minimum absolute atomic E-state index is 0.236. The van der Waals surface area contributed by atoms with Crippen LogP contribution in [0.15, 0.2) is 18.2 Å². The molecule has 2 fully saturated rings. The Bertz CT molecular complexity index is 522. The molecule has 0 bridgehead atoms. The van der Waals surface area contributed by atoms with Crippen LogP contribution < -0.4 is 10.2 Å². The highest BCUT2D eigenvalue weighted by atomic mass is 16.6.